The Balaban J connectivity index is 1.38. The highest BCUT2D eigenvalue weighted by atomic mass is 16.5. The molecule has 150 valence electrons. The molecule has 0 aliphatic carbocycles. The molecule has 2 aromatic rings. The number of benzene rings is 2. The molecular formula is C23H31N3O2. The lowest BCUT2D eigenvalue weighted by molar-refractivity contribution is 0.129. The number of para-hydroxylation sites is 1. The van der Waals surface area contributed by atoms with E-state index >= 15 is 0 Å². The second-order valence-electron chi connectivity index (χ2n) is 7.05. The van der Waals surface area contributed by atoms with Gasteiger partial charge in [0.1, 0.15) is 17.6 Å². The maximum absolute atomic E-state index is 6.09. The Morgan fingerprint density at radius 2 is 1.82 bits per heavy atom. The normalized spacial score (nSPS) is 15.4. The average Bonchev–Trinajstić information content (AvgIpc) is 2.75. The largest absolute Gasteiger partial charge is 0.497 e. The predicted molar refractivity (Wildman–Crippen MR) is 114 cm³/mol. The van der Waals surface area contributed by atoms with Crippen LogP contribution in [0.1, 0.15) is 24.8 Å². The molecule has 1 saturated heterocycles. The van der Waals surface area contributed by atoms with Crippen molar-refractivity contribution in [2.24, 2.45) is 4.99 Å². The van der Waals surface area contributed by atoms with Gasteiger partial charge in [-0.15, -0.1) is 0 Å². The number of aliphatic imine (C=N–C) groups is 1. The first kappa shape index (κ1) is 20.1. The van der Waals surface area contributed by atoms with Gasteiger partial charge in [0.25, 0.3) is 0 Å². The monoisotopic (exact) mass is 381 g/mol. The molecule has 0 spiro atoms. The number of methoxy groups -OCH3 is 1. The van der Waals surface area contributed by atoms with E-state index in [-0.39, 0.29) is 6.10 Å². The van der Waals surface area contributed by atoms with Gasteiger partial charge < -0.3 is 19.7 Å². The highest BCUT2D eigenvalue weighted by Gasteiger charge is 2.22. The fourth-order valence-electron chi connectivity index (χ4n) is 3.53. The van der Waals surface area contributed by atoms with Crippen molar-refractivity contribution in [3.63, 3.8) is 0 Å². The zero-order valence-corrected chi connectivity index (χ0v) is 16.9. The van der Waals surface area contributed by atoms with Crippen molar-refractivity contribution in [3.8, 4) is 11.5 Å². The minimum Gasteiger partial charge on any atom is -0.497 e. The maximum atomic E-state index is 6.09. The molecule has 1 fully saturated rings. The first-order valence-corrected chi connectivity index (χ1v) is 10.1. The van der Waals surface area contributed by atoms with Gasteiger partial charge >= 0.3 is 0 Å². The molecule has 1 aliphatic rings. The number of likely N-dealkylation sites (tertiary alicyclic amines) is 1. The van der Waals surface area contributed by atoms with Crippen molar-refractivity contribution < 1.29 is 9.47 Å². The minimum atomic E-state index is 0.282. The number of piperidine rings is 1. The van der Waals surface area contributed by atoms with Crippen molar-refractivity contribution in [2.45, 2.75) is 31.8 Å². The number of guanidine groups is 1. The smallest absolute Gasteiger partial charge is 0.193 e. The number of nitrogens with zero attached hydrogens (tertiary/aromatic N) is 2. The fraction of sp³-hybridized carbons (Fsp3) is 0.435. The number of aryl methyl sites for hydroxylation is 1. The van der Waals surface area contributed by atoms with E-state index in [1.165, 1.54) is 5.56 Å². The van der Waals surface area contributed by atoms with Gasteiger partial charge in [-0.3, -0.25) is 4.99 Å². The van der Waals surface area contributed by atoms with E-state index < -0.39 is 0 Å². The van der Waals surface area contributed by atoms with E-state index in [1.54, 1.807) is 7.11 Å². The molecule has 1 N–H and O–H groups in total. The van der Waals surface area contributed by atoms with Crippen molar-refractivity contribution in [3.05, 3.63) is 60.2 Å². The quantitative estimate of drug-likeness (QED) is 0.451. The lowest BCUT2D eigenvalue weighted by Crippen LogP contribution is -2.47. The first-order chi connectivity index (χ1) is 13.8. The number of nitrogens with one attached hydrogen (secondary N) is 1. The van der Waals surface area contributed by atoms with E-state index in [4.69, 9.17) is 9.47 Å². The molecule has 0 saturated carbocycles. The molecule has 0 unspecified atom stereocenters. The van der Waals surface area contributed by atoms with Crippen molar-refractivity contribution in [1.82, 2.24) is 10.2 Å². The van der Waals surface area contributed by atoms with E-state index in [2.05, 4.69) is 27.3 Å². The Hall–Kier alpha value is -2.69. The van der Waals surface area contributed by atoms with Crippen LogP contribution >= 0.6 is 0 Å². The minimum absolute atomic E-state index is 0.282. The zero-order chi connectivity index (χ0) is 19.6. The molecular weight excluding hydrogens is 350 g/mol. The zero-order valence-electron chi connectivity index (χ0n) is 16.9. The summed E-state index contributed by atoms with van der Waals surface area (Å²) in [6.45, 7) is 2.84. The van der Waals surface area contributed by atoms with Crippen LogP contribution in [0.4, 0.5) is 0 Å². The highest BCUT2D eigenvalue weighted by molar-refractivity contribution is 5.79. The van der Waals surface area contributed by atoms with Crippen LogP contribution in [0.5, 0.6) is 11.5 Å². The molecule has 28 heavy (non-hydrogen) atoms. The molecule has 0 aromatic heterocycles. The van der Waals surface area contributed by atoms with Crippen LogP contribution in [0.2, 0.25) is 0 Å². The van der Waals surface area contributed by atoms with Crippen LogP contribution in [0.25, 0.3) is 0 Å². The summed E-state index contributed by atoms with van der Waals surface area (Å²) < 4.78 is 11.4. The van der Waals surface area contributed by atoms with Gasteiger partial charge in [-0.05, 0) is 42.7 Å². The Morgan fingerprint density at radius 1 is 1.07 bits per heavy atom. The second-order valence-corrected chi connectivity index (χ2v) is 7.05. The molecule has 5 nitrogen and oxygen atoms in total. The van der Waals surface area contributed by atoms with Crippen LogP contribution in [-0.4, -0.2) is 50.8 Å². The second kappa shape index (κ2) is 10.6. The third kappa shape index (κ3) is 5.91. The molecule has 0 amide bonds. The summed E-state index contributed by atoms with van der Waals surface area (Å²) in [5.41, 5.74) is 1.30. The van der Waals surface area contributed by atoms with Gasteiger partial charge in [0.15, 0.2) is 5.96 Å². The molecule has 0 radical (unpaired) electrons. The van der Waals surface area contributed by atoms with Crippen molar-refractivity contribution in [2.75, 3.05) is 33.8 Å². The first-order valence-electron chi connectivity index (χ1n) is 10.1. The van der Waals surface area contributed by atoms with E-state index in [0.717, 1.165) is 62.8 Å². The lowest BCUT2D eigenvalue weighted by atomic mass is 10.1. The third-order valence-corrected chi connectivity index (χ3v) is 5.06. The van der Waals surface area contributed by atoms with Gasteiger partial charge in [0.2, 0.25) is 0 Å². The SMILES string of the molecule is CN=C(NCCCc1cccc(OC)c1)N1CCC(Oc2ccccc2)CC1. The van der Waals surface area contributed by atoms with Gasteiger partial charge in [-0.2, -0.15) is 0 Å². The molecule has 2 aromatic carbocycles. The summed E-state index contributed by atoms with van der Waals surface area (Å²) >= 11 is 0. The summed E-state index contributed by atoms with van der Waals surface area (Å²) in [5, 5.41) is 3.51. The Kier molecular flexibility index (Phi) is 7.59. The molecule has 3 rings (SSSR count). The average molecular weight is 382 g/mol. The number of hydrogen-bond acceptors (Lipinski definition) is 3. The molecule has 0 atom stereocenters. The molecule has 5 heteroatoms. The van der Waals surface area contributed by atoms with Crippen LogP contribution in [0.15, 0.2) is 59.6 Å². The van der Waals surface area contributed by atoms with E-state index in [1.807, 2.05) is 49.5 Å². The van der Waals surface area contributed by atoms with Crippen LogP contribution in [0.3, 0.4) is 0 Å². The lowest BCUT2D eigenvalue weighted by Gasteiger charge is -2.34. The van der Waals surface area contributed by atoms with Crippen LogP contribution in [0, 0.1) is 0 Å². The Morgan fingerprint density at radius 3 is 2.54 bits per heavy atom. The summed E-state index contributed by atoms with van der Waals surface area (Å²) in [6.07, 6.45) is 4.39. The fourth-order valence-corrected chi connectivity index (χ4v) is 3.53. The molecule has 1 aliphatic heterocycles. The molecule has 1 heterocycles. The van der Waals surface area contributed by atoms with Crippen LogP contribution in [-0.2, 0) is 6.42 Å². The summed E-state index contributed by atoms with van der Waals surface area (Å²) in [5.74, 6) is 2.87. The Bertz CT molecular complexity index is 741. The molecule has 0 bridgehead atoms. The number of hydrogen-bond donors (Lipinski definition) is 1. The van der Waals surface area contributed by atoms with Gasteiger partial charge in [-0.1, -0.05) is 30.3 Å². The maximum Gasteiger partial charge on any atom is 0.193 e. The van der Waals surface area contributed by atoms with Crippen LogP contribution < -0.4 is 14.8 Å². The standard InChI is InChI=1S/C23H31N3O2/c1-24-23(25-15-7-9-19-8-6-12-22(18-19)27-2)26-16-13-21(14-17-26)28-20-10-4-3-5-11-20/h3-6,8,10-12,18,21H,7,9,13-17H2,1-2H3,(H,24,25). The third-order valence-electron chi connectivity index (χ3n) is 5.06. The summed E-state index contributed by atoms with van der Waals surface area (Å²) in [6, 6.07) is 18.4. The number of ether oxygens (including phenoxy) is 2. The number of rotatable bonds is 7. The summed E-state index contributed by atoms with van der Waals surface area (Å²) in [7, 11) is 3.57. The van der Waals surface area contributed by atoms with Crippen molar-refractivity contribution in [1.29, 1.82) is 0 Å². The summed E-state index contributed by atoms with van der Waals surface area (Å²) in [4.78, 5) is 6.79. The Labute approximate surface area is 168 Å². The topological polar surface area (TPSA) is 46.1 Å². The van der Waals surface area contributed by atoms with Gasteiger partial charge in [0.05, 0.1) is 7.11 Å². The highest BCUT2D eigenvalue weighted by Crippen LogP contribution is 2.19. The van der Waals surface area contributed by atoms with Crippen molar-refractivity contribution >= 4 is 5.96 Å². The van der Waals surface area contributed by atoms with Gasteiger partial charge in [0, 0.05) is 39.5 Å². The predicted octanol–water partition coefficient (Wildman–Crippen LogP) is 3.75. The van der Waals surface area contributed by atoms with Gasteiger partial charge in [-0.25, -0.2) is 0 Å². The van der Waals surface area contributed by atoms with E-state index in [9.17, 15) is 0 Å². The van der Waals surface area contributed by atoms with E-state index in [0.29, 0.717) is 0 Å².